The first-order valence-corrected chi connectivity index (χ1v) is 17.2. The fourth-order valence-corrected chi connectivity index (χ4v) is 5.83. The van der Waals surface area contributed by atoms with Crippen LogP contribution >= 0.6 is 0 Å². The summed E-state index contributed by atoms with van der Waals surface area (Å²) in [6.45, 7) is 0.288. The molecule has 14 nitrogen and oxygen atoms in total. The van der Waals surface area contributed by atoms with Crippen molar-refractivity contribution in [2.24, 2.45) is 0 Å². The maximum Gasteiger partial charge on any atom is 0.340 e. The third-order valence-electron chi connectivity index (χ3n) is 8.65. The Kier molecular flexibility index (Phi) is 13.0. The topological polar surface area (TPSA) is 176 Å². The maximum atomic E-state index is 13.7. The smallest absolute Gasteiger partial charge is 0.340 e. The lowest BCUT2D eigenvalue weighted by Crippen LogP contribution is -2.62. The van der Waals surface area contributed by atoms with Gasteiger partial charge in [0.2, 0.25) is 6.29 Å². The van der Waals surface area contributed by atoms with Gasteiger partial charge in [0, 0.05) is 24.3 Å². The standard InChI is InChI=1S/C41H36N2O12/c44-39(31-16-20-33(21-17-31)42(46)47)54-38-37(52-26-30-14-8-3-9-15-30)36(51-25-29-12-6-2-7-13-29)35(27-50-24-28-10-4-1-5-11-28)53-41(38)55-40(45)32-18-22-34(23-19-32)43(48)49/h1-23,35-38,41H,24-27H2/t35-,36+,37+,38-,41+/m1/s1. The van der Waals surface area contributed by atoms with E-state index in [4.69, 9.17) is 28.4 Å². The zero-order valence-electron chi connectivity index (χ0n) is 29.3. The normalized spacial score (nSPS) is 19.2. The van der Waals surface area contributed by atoms with Crippen molar-refractivity contribution in [3.63, 3.8) is 0 Å². The number of hydrogen-bond donors (Lipinski definition) is 0. The van der Waals surface area contributed by atoms with E-state index in [9.17, 15) is 29.8 Å². The number of nitro groups is 2. The number of carbonyl (C=O) groups excluding carboxylic acids is 2. The number of nitro benzene ring substituents is 2. The van der Waals surface area contributed by atoms with Gasteiger partial charge >= 0.3 is 11.9 Å². The minimum Gasteiger partial charge on any atom is -0.449 e. The molecule has 0 N–H and O–H groups in total. The van der Waals surface area contributed by atoms with Crippen LogP contribution in [0, 0.1) is 20.2 Å². The van der Waals surface area contributed by atoms with Crippen molar-refractivity contribution in [1.29, 1.82) is 0 Å². The van der Waals surface area contributed by atoms with Gasteiger partial charge in [-0.2, -0.15) is 0 Å². The fourth-order valence-electron chi connectivity index (χ4n) is 5.83. The third kappa shape index (κ3) is 10.4. The summed E-state index contributed by atoms with van der Waals surface area (Å²) >= 11 is 0. The van der Waals surface area contributed by atoms with Crippen LogP contribution in [0.5, 0.6) is 0 Å². The average Bonchev–Trinajstić information content (AvgIpc) is 3.21. The lowest BCUT2D eigenvalue weighted by Gasteiger charge is -2.45. The Hall–Kier alpha value is -6.32. The van der Waals surface area contributed by atoms with Gasteiger partial charge in [0.1, 0.15) is 18.3 Å². The lowest BCUT2D eigenvalue weighted by molar-refractivity contribution is -0.385. The Balaban J connectivity index is 1.36. The third-order valence-corrected chi connectivity index (χ3v) is 8.65. The molecule has 5 aromatic carbocycles. The molecule has 1 heterocycles. The predicted octanol–water partition coefficient (Wildman–Crippen LogP) is 7.00. The molecule has 6 rings (SSSR count). The van der Waals surface area contributed by atoms with Crippen molar-refractivity contribution >= 4 is 23.3 Å². The van der Waals surface area contributed by atoms with Gasteiger partial charge in [0.25, 0.3) is 11.4 Å². The molecule has 1 saturated heterocycles. The summed E-state index contributed by atoms with van der Waals surface area (Å²) < 4.78 is 37.5. The monoisotopic (exact) mass is 748 g/mol. The minimum atomic E-state index is -1.60. The Morgan fingerprint density at radius 2 is 0.945 bits per heavy atom. The Bertz CT molecular complexity index is 2030. The number of nitrogens with zero attached hydrogens (tertiary/aromatic N) is 2. The lowest BCUT2D eigenvalue weighted by atomic mass is 9.97. The van der Waals surface area contributed by atoms with E-state index in [1.807, 2.05) is 91.0 Å². The first-order chi connectivity index (χ1) is 26.7. The van der Waals surface area contributed by atoms with E-state index in [2.05, 4.69) is 0 Å². The molecule has 0 amide bonds. The summed E-state index contributed by atoms with van der Waals surface area (Å²) in [5.41, 5.74) is 1.99. The van der Waals surface area contributed by atoms with E-state index in [0.29, 0.717) is 0 Å². The van der Waals surface area contributed by atoms with Crippen LogP contribution in [0.3, 0.4) is 0 Å². The van der Waals surface area contributed by atoms with Crippen LogP contribution < -0.4 is 0 Å². The van der Waals surface area contributed by atoms with Crippen molar-refractivity contribution in [2.45, 2.75) is 50.5 Å². The summed E-state index contributed by atoms with van der Waals surface area (Å²) in [4.78, 5) is 48.7. The summed E-state index contributed by atoms with van der Waals surface area (Å²) in [6, 6.07) is 37.6. The molecule has 0 aliphatic carbocycles. The molecule has 0 spiro atoms. The van der Waals surface area contributed by atoms with Crippen LogP contribution in [0.15, 0.2) is 140 Å². The van der Waals surface area contributed by atoms with E-state index in [-0.39, 0.29) is 48.9 Å². The number of ether oxygens (including phenoxy) is 6. The first-order valence-electron chi connectivity index (χ1n) is 17.2. The predicted molar refractivity (Wildman–Crippen MR) is 196 cm³/mol. The molecule has 0 saturated carbocycles. The molecule has 0 bridgehead atoms. The first kappa shape index (κ1) is 38.4. The van der Waals surface area contributed by atoms with Crippen LogP contribution in [0.4, 0.5) is 11.4 Å². The van der Waals surface area contributed by atoms with Gasteiger partial charge in [-0.1, -0.05) is 91.0 Å². The zero-order chi connectivity index (χ0) is 38.6. The highest BCUT2D eigenvalue weighted by Crippen LogP contribution is 2.32. The van der Waals surface area contributed by atoms with Crippen LogP contribution in [0.2, 0.25) is 0 Å². The molecule has 5 aromatic rings. The number of carbonyl (C=O) groups is 2. The molecular formula is C41H36N2O12. The van der Waals surface area contributed by atoms with Crippen molar-refractivity contribution in [3.05, 3.63) is 188 Å². The summed E-state index contributed by atoms with van der Waals surface area (Å²) in [5, 5.41) is 22.5. The molecule has 1 fully saturated rings. The second kappa shape index (κ2) is 18.6. The zero-order valence-corrected chi connectivity index (χ0v) is 29.3. The van der Waals surface area contributed by atoms with Gasteiger partial charge in [0.15, 0.2) is 6.10 Å². The highest BCUT2D eigenvalue weighted by Gasteiger charge is 2.51. The quantitative estimate of drug-likeness (QED) is 0.0575. The second-order valence-corrected chi connectivity index (χ2v) is 12.4. The fraction of sp³-hybridized carbons (Fsp3) is 0.220. The summed E-state index contributed by atoms with van der Waals surface area (Å²) in [5.74, 6) is -1.83. The minimum absolute atomic E-state index is 0.0251. The molecule has 1 aliphatic heterocycles. The second-order valence-electron chi connectivity index (χ2n) is 12.4. The van der Waals surface area contributed by atoms with Crippen molar-refractivity contribution < 1.29 is 47.9 Å². The van der Waals surface area contributed by atoms with Crippen LogP contribution in [-0.2, 0) is 48.2 Å². The maximum absolute atomic E-state index is 13.7. The molecule has 5 atom stereocenters. The highest BCUT2D eigenvalue weighted by atomic mass is 16.7. The Morgan fingerprint density at radius 1 is 0.527 bits per heavy atom. The van der Waals surface area contributed by atoms with Crippen LogP contribution in [0.25, 0.3) is 0 Å². The van der Waals surface area contributed by atoms with Gasteiger partial charge in [0.05, 0.1) is 47.4 Å². The molecule has 1 aliphatic rings. The molecule has 0 aromatic heterocycles. The van der Waals surface area contributed by atoms with Crippen LogP contribution in [-0.4, -0.2) is 59.1 Å². The molecule has 14 heteroatoms. The summed E-state index contributed by atoms with van der Waals surface area (Å²) in [7, 11) is 0. The van der Waals surface area contributed by atoms with Crippen molar-refractivity contribution in [1.82, 2.24) is 0 Å². The van der Waals surface area contributed by atoms with E-state index in [0.717, 1.165) is 41.0 Å². The van der Waals surface area contributed by atoms with Gasteiger partial charge in [-0.15, -0.1) is 0 Å². The molecule has 55 heavy (non-hydrogen) atoms. The number of hydrogen-bond acceptors (Lipinski definition) is 12. The Morgan fingerprint density at radius 3 is 1.40 bits per heavy atom. The average molecular weight is 749 g/mol. The van der Waals surface area contributed by atoms with E-state index in [1.54, 1.807) is 0 Å². The Labute approximate surface area is 315 Å². The summed E-state index contributed by atoms with van der Waals surface area (Å²) in [6.07, 6.45) is -6.12. The SMILES string of the molecule is O=C(O[C@@H]1O[C@H](COCc2ccccc2)[C@H](OCc2ccccc2)[C@H](OCc2ccccc2)[C@H]1OC(=O)c1ccc([N+](=O)[O-])cc1)c1ccc([N+](=O)[O-])cc1. The molecule has 0 unspecified atom stereocenters. The van der Waals surface area contributed by atoms with E-state index < -0.39 is 52.5 Å². The van der Waals surface area contributed by atoms with E-state index >= 15 is 0 Å². The molecule has 0 radical (unpaired) electrons. The highest BCUT2D eigenvalue weighted by molar-refractivity contribution is 5.90. The number of benzene rings is 5. The largest absolute Gasteiger partial charge is 0.449 e. The molecule has 282 valence electrons. The van der Waals surface area contributed by atoms with Gasteiger partial charge in [-0.3, -0.25) is 20.2 Å². The van der Waals surface area contributed by atoms with Gasteiger partial charge in [-0.05, 0) is 41.0 Å². The van der Waals surface area contributed by atoms with Gasteiger partial charge < -0.3 is 28.4 Å². The van der Waals surface area contributed by atoms with Gasteiger partial charge in [-0.25, -0.2) is 9.59 Å². The van der Waals surface area contributed by atoms with E-state index in [1.165, 1.54) is 24.3 Å². The van der Waals surface area contributed by atoms with Crippen molar-refractivity contribution in [3.8, 4) is 0 Å². The molecular weight excluding hydrogens is 712 g/mol. The number of esters is 2. The van der Waals surface area contributed by atoms with Crippen LogP contribution in [0.1, 0.15) is 37.4 Å². The van der Waals surface area contributed by atoms with Crippen molar-refractivity contribution in [2.75, 3.05) is 6.61 Å². The number of rotatable bonds is 16. The number of non-ortho nitro benzene ring substituents is 2.